The maximum atomic E-state index is 12.2. The summed E-state index contributed by atoms with van der Waals surface area (Å²) in [5.74, 6) is 1.20. The summed E-state index contributed by atoms with van der Waals surface area (Å²) in [6, 6.07) is 0. The van der Waals surface area contributed by atoms with Gasteiger partial charge in [0.05, 0.1) is 5.76 Å². The highest BCUT2D eigenvalue weighted by Gasteiger charge is 2.60. The number of allylic oxidation sites excluding steroid dienone is 4. The molecule has 6 atom stereocenters. The van der Waals surface area contributed by atoms with Crippen LogP contribution in [0.3, 0.4) is 0 Å². The molecule has 0 radical (unpaired) electrons. The molecule has 0 unspecified atom stereocenters. The molecule has 28 heavy (non-hydrogen) atoms. The molecule has 0 amide bonds. The van der Waals surface area contributed by atoms with E-state index in [4.69, 9.17) is 9.90 Å². The molecular weight excluding hydrogens is 356 g/mol. The van der Waals surface area contributed by atoms with Crippen LogP contribution in [0, 0.1) is 34.5 Å². The van der Waals surface area contributed by atoms with Crippen molar-refractivity contribution >= 4 is 17.5 Å². The average Bonchev–Trinajstić information content (AvgIpc) is 2.93. The van der Waals surface area contributed by atoms with E-state index in [1.54, 1.807) is 13.0 Å². The Morgan fingerprint density at radius 3 is 2.29 bits per heavy atom. The van der Waals surface area contributed by atoms with E-state index in [-0.39, 0.29) is 28.4 Å². The van der Waals surface area contributed by atoms with Crippen molar-refractivity contribution in [1.82, 2.24) is 0 Å². The Balaban J connectivity index is 0.000000516. The molecule has 5 nitrogen and oxygen atoms in total. The summed E-state index contributed by atoms with van der Waals surface area (Å²) in [6.45, 7) is 7.38. The lowest BCUT2D eigenvalue weighted by atomic mass is 9.48. The van der Waals surface area contributed by atoms with Gasteiger partial charge in [-0.15, -0.1) is 0 Å². The van der Waals surface area contributed by atoms with Crippen LogP contribution in [0.4, 0.5) is 0 Å². The number of aliphatic hydroxyl groups excluding tert-OH is 1. The fourth-order valence-corrected chi connectivity index (χ4v) is 6.73. The molecule has 0 aliphatic heterocycles. The lowest BCUT2D eigenvalue weighted by Gasteiger charge is -2.56. The van der Waals surface area contributed by atoms with Crippen LogP contribution in [0.25, 0.3) is 0 Å². The zero-order chi connectivity index (χ0) is 20.9. The molecule has 2 fully saturated rings. The fraction of sp³-hybridized carbons (Fsp3) is 0.696. The minimum atomic E-state index is -0.833. The highest BCUT2D eigenvalue weighted by Crippen LogP contribution is 2.66. The molecule has 2 N–H and O–H groups in total. The maximum absolute atomic E-state index is 12.2. The highest BCUT2D eigenvalue weighted by molar-refractivity contribution is 5.92. The standard InChI is InChI=1S/C21H28O3.C2H4O2/c1-12(22)15-4-5-16-19-17(7-9-21(15,16)3)20(2)8-6-14(23)10-13(20)11-18(19)24;1-2(3)4/h10-11,15-17,19,24H,4-9H2,1-3H3;1H3,(H,3,4)/t15-,16+,17+,19+,20+,21-;/m1./s1. The van der Waals surface area contributed by atoms with Gasteiger partial charge in [0.25, 0.3) is 5.97 Å². The van der Waals surface area contributed by atoms with Crippen LogP contribution >= 0.6 is 0 Å². The van der Waals surface area contributed by atoms with Crippen molar-refractivity contribution in [2.75, 3.05) is 0 Å². The van der Waals surface area contributed by atoms with E-state index in [0.29, 0.717) is 29.8 Å². The molecule has 0 bridgehead atoms. The maximum Gasteiger partial charge on any atom is 0.300 e. The smallest absolute Gasteiger partial charge is 0.300 e. The van der Waals surface area contributed by atoms with Crippen LogP contribution in [0.1, 0.15) is 66.2 Å². The van der Waals surface area contributed by atoms with Crippen LogP contribution in [0.5, 0.6) is 0 Å². The molecule has 0 aromatic heterocycles. The first-order valence-corrected chi connectivity index (χ1v) is 10.4. The summed E-state index contributed by atoms with van der Waals surface area (Å²) >= 11 is 0. The first-order valence-electron chi connectivity index (χ1n) is 10.4. The van der Waals surface area contributed by atoms with Crippen LogP contribution in [-0.2, 0) is 14.4 Å². The second-order valence-electron chi connectivity index (χ2n) is 9.60. The number of carbonyl (C=O) groups is 3. The Kier molecular flexibility index (Phi) is 5.32. The molecule has 0 spiro atoms. The van der Waals surface area contributed by atoms with E-state index < -0.39 is 5.97 Å². The number of carboxylic acids is 1. The highest BCUT2D eigenvalue weighted by atomic mass is 16.4. The topological polar surface area (TPSA) is 91.7 Å². The monoisotopic (exact) mass is 388 g/mol. The number of aliphatic carboxylic acids is 1. The number of hydrogen-bond acceptors (Lipinski definition) is 4. The van der Waals surface area contributed by atoms with Gasteiger partial charge in [-0.1, -0.05) is 13.8 Å². The van der Waals surface area contributed by atoms with Gasteiger partial charge in [0.1, 0.15) is 5.78 Å². The summed E-state index contributed by atoms with van der Waals surface area (Å²) in [5, 5.41) is 18.3. The summed E-state index contributed by atoms with van der Waals surface area (Å²) in [6.07, 6.45) is 9.26. The first kappa shape index (κ1) is 20.8. The number of carboxylic acid groups (broad SMARTS) is 1. The number of ketones is 2. The van der Waals surface area contributed by atoms with Crippen LogP contribution in [0.2, 0.25) is 0 Å². The summed E-state index contributed by atoms with van der Waals surface area (Å²) in [5.41, 5.74) is 1.05. The van der Waals surface area contributed by atoms with Crippen molar-refractivity contribution in [2.45, 2.75) is 66.2 Å². The first-order chi connectivity index (χ1) is 13.0. The zero-order valence-electron chi connectivity index (χ0n) is 17.3. The number of carbonyl (C=O) groups excluding carboxylic acids is 2. The molecule has 0 aromatic carbocycles. The summed E-state index contributed by atoms with van der Waals surface area (Å²) in [4.78, 5) is 33.0. The Hall–Kier alpha value is -1.91. The second-order valence-corrected chi connectivity index (χ2v) is 9.60. The molecule has 0 saturated heterocycles. The minimum absolute atomic E-state index is 0.000443. The molecule has 5 heteroatoms. The molecule has 0 aromatic rings. The van der Waals surface area contributed by atoms with Crippen LogP contribution < -0.4 is 0 Å². The molecule has 154 valence electrons. The summed E-state index contributed by atoms with van der Waals surface area (Å²) < 4.78 is 0. The normalized spacial score (nSPS) is 41.4. The van der Waals surface area contributed by atoms with Crippen molar-refractivity contribution in [3.8, 4) is 0 Å². The van der Waals surface area contributed by atoms with Crippen molar-refractivity contribution in [3.63, 3.8) is 0 Å². The lowest BCUT2D eigenvalue weighted by molar-refractivity contribution is -0.134. The van der Waals surface area contributed by atoms with Gasteiger partial charge in [0.2, 0.25) is 0 Å². The van der Waals surface area contributed by atoms with Gasteiger partial charge < -0.3 is 10.2 Å². The second kappa shape index (κ2) is 7.16. The summed E-state index contributed by atoms with van der Waals surface area (Å²) in [7, 11) is 0. The van der Waals surface area contributed by atoms with Crippen LogP contribution in [-0.4, -0.2) is 27.7 Å². The molecule has 4 aliphatic rings. The van der Waals surface area contributed by atoms with Crippen molar-refractivity contribution in [3.05, 3.63) is 23.5 Å². The van der Waals surface area contributed by atoms with Gasteiger partial charge in [-0.2, -0.15) is 0 Å². The fourth-order valence-electron chi connectivity index (χ4n) is 6.73. The Bertz CT molecular complexity index is 759. The number of hydrogen-bond donors (Lipinski definition) is 2. The number of rotatable bonds is 1. The largest absolute Gasteiger partial charge is 0.512 e. The van der Waals surface area contributed by atoms with E-state index in [2.05, 4.69) is 13.8 Å². The Labute approximate surface area is 166 Å². The van der Waals surface area contributed by atoms with E-state index in [1.165, 1.54) is 0 Å². The predicted molar refractivity (Wildman–Crippen MR) is 106 cm³/mol. The number of aliphatic hydroxyl groups is 1. The van der Waals surface area contributed by atoms with E-state index in [1.807, 2.05) is 6.08 Å². The predicted octanol–water partition coefficient (Wildman–Crippen LogP) is 4.48. The molecule has 4 aliphatic carbocycles. The van der Waals surface area contributed by atoms with Gasteiger partial charge in [0, 0.05) is 25.2 Å². The SMILES string of the molecule is CC(=O)O.CC(=O)[C@H]1CC[C@H]2[C@@H]3C(O)=CC4=CC(=O)CC[C@]4(C)[C@H]3CC[C@]12C. The molecule has 4 rings (SSSR count). The van der Waals surface area contributed by atoms with Crippen molar-refractivity contribution < 1.29 is 24.6 Å². The molecular formula is C23H32O5. The number of Topliss-reactive ketones (excluding diaryl/α,β-unsaturated/α-hetero) is 1. The third-order valence-electron chi connectivity index (χ3n) is 8.09. The van der Waals surface area contributed by atoms with Crippen LogP contribution in [0.15, 0.2) is 23.5 Å². The van der Waals surface area contributed by atoms with Gasteiger partial charge in [-0.3, -0.25) is 14.4 Å². The van der Waals surface area contributed by atoms with Gasteiger partial charge in [-0.05, 0) is 79.4 Å². The van der Waals surface area contributed by atoms with E-state index >= 15 is 0 Å². The van der Waals surface area contributed by atoms with Gasteiger partial charge in [-0.25, -0.2) is 0 Å². The number of fused-ring (bicyclic) bond motifs is 5. The third kappa shape index (κ3) is 3.23. The Morgan fingerprint density at radius 2 is 1.68 bits per heavy atom. The van der Waals surface area contributed by atoms with Gasteiger partial charge in [0.15, 0.2) is 5.78 Å². The lowest BCUT2D eigenvalue weighted by Crippen LogP contribution is -2.51. The van der Waals surface area contributed by atoms with Gasteiger partial charge >= 0.3 is 0 Å². The minimum Gasteiger partial charge on any atom is -0.512 e. The zero-order valence-corrected chi connectivity index (χ0v) is 17.3. The third-order valence-corrected chi connectivity index (χ3v) is 8.09. The molecule has 0 heterocycles. The average molecular weight is 389 g/mol. The quantitative estimate of drug-likeness (QED) is 0.691. The van der Waals surface area contributed by atoms with E-state index in [0.717, 1.165) is 44.6 Å². The molecule has 2 saturated carbocycles. The van der Waals surface area contributed by atoms with Crippen molar-refractivity contribution in [2.24, 2.45) is 34.5 Å². The Morgan fingerprint density at radius 1 is 1.04 bits per heavy atom. The van der Waals surface area contributed by atoms with Crippen molar-refractivity contribution in [1.29, 1.82) is 0 Å². The van der Waals surface area contributed by atoms with E-state index in [9.17, 15) is 14.7 Å².